The van der Waals surface area contributed by atoms with Gasteiger partial charge in [0.05, 0.1) is 0 Å². The molecule has 2 aromatic rings. The molecule has 0 bridgehead atoms. The molecule has 4 rings (SSSR count). The average molecular weight is 279 g/mol. The van der Waals surface area contributed by atoms with E-state index in [4.69, 9.17) is 4.74 Å². The van der Waals surface area contributed by atoms with Crippen molar-refractivity contribution in [3.8, 4) is 5.75 Å². The van der Waals surface area contributed by atoms with Crippen LogP contribution in [0.15, 0.2) is 48.5 Å². The Balaban J connectivity index is 1.87. The number of benzene rings is 2. The lowest BCUT2D eigenvalue weighted by Crippen LogP contribution is -2.47. The first-order valence-electron chi connectivity index (χ1n) is 7.73. The van der Waals surface area contributed by atoms with E-state index in [1.54, 1.807) is 0 Å². The largest absolute Gasteiger partial charge is 0.482 e. The fraction of sp³-hybridized carbons (Fsp3) is 0.368. The number of likely N-dealkylation sites (tertiary alicyclic amines) is 1. The van der Waals surface area contributed by atoms with Crippen LogP contribution in [0.3, 0.4) is 0 Å². The number of ether oxygens (including phenoxy) is 1. The van der Waals surface area contributed by atoms with Crippen LogP contribution in [0.2, 0.25) is 0 Å². The van der Waals surface area contributed by atoms with Gasteiger partial charge in [-0.1, -0.05) is 48.0 Å². The molecule has 2 heteroatoms. The Morgan fingerprint density at radius 2 is 2.00 bits per heavy atom. The molecule has 2 aliphatic rings. The van der Waals surface area contributed by atoms with Crippen molar-refractivity contribution in [2.24, 2.45) is 0 Å². The number of fused-ring (bicyclic) bond motifs is 3. The zero-order valence-corrected chi connectivity index (χ0v) is 12.7. The molecule has 0 aliphatic carbocycles. The molecule has 0 aromatic heterocycles. The molecule has 0 N–H and O–H groups in total. The maximum absolute atomic E-state index is 6.56. The average Bonchev–Trinajstić information content (AvgIpc) is 2.82. The number of para-hydroxylation sites is 1. The van der Waals surface area contributed by atoms with E-state index in [1.807, 2.05) is 0 Å². The van der Waals surface area contributed by atoms with E-state index in [2.05, 4.69) is 67.4 Å². The minimum Gasteiger partial charge on any atom is -0.482 e. The number of nitrogens with zero attached hydrogens (tertiary/aromatic N) is 1. The van der Waals surface area contributed by atoms with Crippen LogP contribution in [-0.2, 0) is 5.60 Å². The van der Waals surface area contributed by atoms with Gasteiger partial charge in [-0.25, -0.2) is 0 Å². The topological polar surface area (TPSA) is 12.5 Å². The fourth-order valence-corrected chi connectivity index (χ4v) is 3.92. The molecule has 0 radical (unpaired) electrons. The van der Waals surface area contributed by atoms with Gasteiger partial charge in [-0.15, -0.1) is 0 Å². The SMILES string of the molecule is Cc1cccc([C@@]23CCN(C)C[C@@H]2c2ccccc2O3)c1. The molecule has 2 atom stereocenters. The molecule has 0 spiro atoms. The highest BCUT2D eigenvalue weighted by molar-refractivity contribution is 5.47. The summed E-state index contributed by atoms with van der Waals surface area (Å²) < 4.78 is 6.56. The lowest BCUT2D eigenvalue weighted by molar-refractivity contribution is 0.00698. The van der Waals surface area contributed by atoms with Gasteiger partial charge in [0, 0.05) is 31.0 Å². The summed E-state index contributed by atoms with van der Waals surface area (Å²) in [6, 6.07) is 17.4. The van der Waals surface area contributed by atoms with E-state index in [1.165, 1.54) is 16.7 Å². The Bertz CT molecular complexity index is 681. The second-order valence-corrected chi connectivity index (χ2v) is 6.46. The van der Waals surface area contributed by atoms with Gasteiger partial charge >= 0.3 is 0 Å². The van der Waals surface area contributed by atoms with Gasteiger partial charge in [0.1, 0.15) is 11.4 Å². The van der Waals surface area contributed by atoms with Crippen molar-refractivity contribution in [3.05, 3.63) is 65.2 Å². The van der Waals surface area contributed by atoms with E-state index >= 15 is 0 Å². The van der Waals surface area contributed by atoms with Crippen molar-refractivity contribution in [2.45, 2.75) is 24.9 Å². The quantitative estimate of drug-likeness (QED) is 0.789. The van der Waals surface area contributed by atoms with Crippen LogP contribution >= 0.6 is 0 Å². The molecule has 0 saturated carbocycles. The summed E-state index contributed by atoms with van der Waals surface area (Å²) in [5, 5.41) is 0. The van der Waals surface area contributed by atoms with Crippen molar-refractivity contribution in [3.63, 3.8) is 0 Å². The first-order valence-corrected chi connectivity index (χ1v) is 7.73. The molecule has 0 amide bonds. The minimum absolute atomic E-state index is 0.178. The van der Waals surface area contributed by atoms with Gasteiger partial charge < -0.3 is 9.64 Å². The van der Waals surface area contributed by atoms with Crippen LogP contribution in [0.1, 0.15) is 29.0 Å². The summed E-state index contributed by atoms with van der Waals surface area (Å²) in [4.78, 5) is 2.42. The molecule has 2 aliphatic heterocycles. The van der Waals surface area contributed by atoms with E-state index in [-0.39, 0.29) is 5.60 Å². The molecule has 2 aromatic carbocycles. The molecular weight excluding hydrogens is 258 g/mol. The third-order valence-corrected chi connectivity index (χ3v) is 5.02. The molecular formula is C19H21NO. The smallest absolute Gasteiger partial charge is 0.143 e. The molecule has 2 nitrogen and oxygen atoms in total. The van der Waals surface area contributed by atoms with Crippen LogP contribution in [0, 0.1) is 6.92 Å². The Kier molecular flexibility index (Phi) is 2.83. The Hall–Kier alpha value is -1.80. The maximum Gasteiger partial charge on any atom is 0.143 e. The summed E-state index contributed by atoms with van der Waals surface area (Å²) >= 11 is 0. The summed E-state index contributed by atoms with van der Waals surface area (Å²) in [6.07, 6.45) is 1.05. The summed E-state index contributed by atoms with van der Waals surface area (Å²) in [5.74, 6) is 1.49. The van der Waals surface area contributed by atoms with Crippen molar-refractivity contribution in [2.75, 3.05) is 20.1 Å². The highest BCUT2D eigenvalue weighted by atomic mass is 16.5. The Morgan fingerprint density at radius 3 is 2.86 bits per heavy atom. The first kappa shape index (κ1) is 12.9. The van der Waals surface area contributed by atoms with E-state index in [9.17, 15) is 0 Å². The predicted octanol–water partition coefficient (Wildman–Crippen LogP) is 3.70. The second-order valence-electron chi connectivity index (χ2n) is 6.46. The van der Waals surface area contributed by atoms with Crippen molar-refractivity contribution >= 4 is 0 Å². The number of likely N-dealkylation sites (N-methyl/N-ethyl adjacent to an activating group) is 1. The van der Waals surface area contributed by atoms with E-state index in [0.717, 1.165) is 25.3 Å². The second kappa shape index (κ2) is 4.60. The van der Waals surface area contributed by atoms with Gasteiger partial charge in [-0.3, -0.25) is 0 Å². The molecule has 108 valence electrons. The number of piperidine rings is 1. The lowest BCUT2D eigenvalue weighted by Gasteiger charge is -2.42. The van der Waals surface area contributed by atoms with Gasteiger partial charge in [-0.05, 0) is 25.6 Å². The van der Waals surface area contributed by atoms with E-state index < -0.39 is 0 Å². The number of hydrogen-bond acceptors (Lipinski definition) is 2. The monoisotopic (exact) mass is 279 g/mol. The van der Waals surface area contributed by atoms with Gasteiger partial charge in [-0.2, -0.15) is 0 Å². The van der Waals surface area contributed by atoms with Gasteiger partial charge in [0.25, 0.3) is 0 Å². The number of rotatable bonds is 1. The highest BCUT2D eigenvalue weighted by Gasteiger charge is 2.51. The molecule has 0 unspecified atom stereocenters. The van der Waals surface area contributed by atoms with Crippen LogP contribution in [0.4, 0.5) is 0 Å². The highest BCUT2D eigenvalue weighted by Crippen LogP contribution is 2.54. The van der Waals surface area contributed by atoms with Crippen molar-refractivity contribution in [1.29, 1.82) is 0 Å². The maximum atomic E-state index is 6.56. The van der Waals surface area contributed by atoms with Gasteiger partial charge in [0.15, 0.2) is 0 Å². The molecule has 1 saturated heterocycles. The third kappa shape index (κ3) is 1.90. The first-order chi connectivity index (χ1) is 10.2. The molecule has 21 heavy (non-hydrogen) atoms. The predicted molar refractivity (Wildman–Crippen MR) is 84.8 cm³/mol. The third-order valence-electron chi connectivity index (χ3n) is 5.02. The summed E-state index contributed by atoms with van der Waals surface area (Å²) in [5.41, 5.74) is 3.82. The van der Waals surface area contributed by atoms with Crippen molar-refractivity contribution in [1.82, 2.24) is 4.90 Å². The van der Waals surface area contributed by atoms with Gasteiger partial charge in [0.2, 0.25) is 0 Å². The molecule has 1 fully saturated rings. The molecule has 2 heterocycles. The standard InChI is InChI=1S/C19H21NO/c1-14-6-5-7-15(12-14)19-10-11-20(2)13-17(19)16-8-3-4-9-18(16)21-19/h3-9,12,17H,10-11,13H2,1-2H3/t17-,19+/m1/s1. The van der Waals surface area contributed by atoms with Crippen LogP contribution in [-0.4, -0.2) is 25.0 Å². The summed E-state index contributed by atoms with van der Waals surface area (Å²) in [6.45, 7) is 4.30. The Morgan fingerprint density at radius 1 is 1.14 bits per heavy atom. The number of hydrogen-bond donors (Lipinski definition) is 0. The summed E-state index contributed by atoms with van der Waals surface area (Å²) in [7, 11) is 2.21. The zero-order valence-electron chi connectivity index (χ0n) is 12.7. The van der Waals surface area contributed by atoms with Crippen LogP contribution < -0.4 is 4.74 Å². The normalized spacial score (nSPS) is 27.8. The van der Waals surface area contributed by atoms with Crippen LogP contribution in [0.5, 0.6) is 5.75 Å². The van der Waals surface area contributed by atoms with Crippen molar-refractivity contribution < 1.29 is 4.74 Å². The Labute approximate surface area is 126 Å². The van der Waals surface area contributed by atoms with E-state index in [0.29, 0.717) is 5.92 Å². The van der Waals surface area contributed by atoms with Crippen LogP contribution in [0.25, 0.3) is 0 Å². The zero-order chi connectivity index (χ0) is 14.4. The minimum atomic E-state index is -0.178. The fourth-order valence-electron chi connectivity index (χ4n) is 3.92. The lowest BCUT2D eigenvalue weighted by atomic mass is 9.74. The number of aryl methyl sites for hydroxylation is 1.